The molecule has 7 heteroatoms. The first kappa shape index (κ1) is 15.5. The highest BCUT2D eigenvalue weighted by Crippen LogP contribution is 2.14. The van der Waals surface area contributed by atoms with Crippen LogP contribution in [0.15, 0.2) is 18.5 Å². The first-order valence-corrected chi connectivity index (χ1v) is 7.89. The van der Waals surface area contributed by atoms with Crippen molar-refractivity contribution in [2.24, 2.45) is 0 Å². The van der Waals surface area contributed by atoms with Gasteiger partial charge >= 0.3 is 0 Å². The monoisotopic (exact) mass is 314 g/mol. The van der Waals surface area contributed by atoms with Gasteiger partial charge in [-0.05, 0) is 26.3 Å². The van der Waals surface area contributed by atoms with E-state index in [0.717, 1.165) is 43.3 Å². The molecule has 0 bridgehead atoms. The van der Waals surface area contributed by atoms with E-state index in [-0.39, 0.29) is 5.91 Å². The van der Waals surface area contributed by atoms with E-state index in [1.54, 1.807) is 17.1 Å². The highest BCUT2D eigenvalue weighted by atomic mass is 16.2. The maximum absolute atomic E-state index is 11.7. The summed E-state index contributed by atoms with van der Waals surface area (Å²) in [5.41, 5.74) is 1.98. The highest BCUT2D eigenvalue weighted by molar-refractivity contribution is 5.78. The molecule has 3 heterocycles. The lowest BCUT2D eigenvalue weighted by Gasteiger charge is -2.22. The minimum Gasteiger partial charge on any atom is -0.357 e. The van der Waals surface area contributed by atoms with Gasteiger partial charge in [0.1, 0.15) is 5.82 Å². The minimum absolute atomic E-state index is 0.251. The van der Waals surface area contributed by atoms with E-state index in [0.29, 0.717) is 12.2 Å². The largest absolute Gasteiger partial charge is 0.357 e. The third-order valence-corrected chi connectivity index (χ3v) is 4.10. The molecular formula is C16H22N6O. The number of hydrogen-bond acceptors (Lipinski definition) is 5. The van der Waals surface area contributed by atoms with Crippen LogP contribution in [-0.4, -0.2) is 57.2 Å². The first-order chi connectivity index (χ1) is 11.0. The standard InChI is InChI=1S/C16H22N6O/c1-12-9-13(2)22(19-12)15-11-17-10-14(18-15)20(3)7-8-21-6-4-5-16(21)23/h9-11H,4-8H2,1-3H3. The number of rotatable bonds is 5. The van der Waals surface area contributed by atoms with Crippen LogP contribution < -0.4 is 4.90 Å². The Morgan fingerprint density at radius 2 is 2.13 bits per heavy atom. The number of nitrogens with zero attached hydrogens (tertiary/aromatic N) is 6. The van der Waals surface area contributed by atoms with Crippen molar-refractivity contribution in [1.29, 1.82) is 0 Å². The maximum atomic E-state index is 11.7. The van der Waals surface area contributed by atoms with Gasteiger partial charge in [-0.25, -0.2) is 9.67 Å². The Hall–Kier alpha value is -2.44. The van der Waals surface area contributed by atoms with Crippen molar-refractivity contribution in [3.05, 3.63) is 29.8 Å². The van der Waals surface area contributed by atoms with Crippen molar-refractivity contribution in [3.8, 4) is 5.82 Å². The normalized spacial score (nSPS) is 14.6. The van der Waals surface area contributed by atoms with Crippen molar-refractivity contribution < 1.29 is 4.79 Å². The molecule has 2 aromatic rings. The summed E-state index contributed by atoms with van der Waals surface area (Å²) in [6.07, 6.45) is 5.09. The van der Waals surface area contributed by atoms with Crippen LogP contribution in [0.3, 0.4) is 0 Å². The molecule has 0 aliphatic carbocycles. The van der Waals surface area contributed by atoms with E-state index in [1.807, 2.05) is 36.8 Å². The molecule has 0 saturated carbocycles. The summed E-state index contributed by atoms with van der Waals surface area (Å²) in [6, 6.07) is 2.01. The van der Waals surface area contributed by atoms with Crippen LogP contribution >= 0.6 is 0 Å². The molecule has 0 atom stereocenters. The summed E-state index contributed by atoms with van der Waals surface area (Å²) < 4.78 is 1.80. The van der Waals surface area contributed by atoms with E-state index < -0.39 is 0 Å². The topological polar surface area (TPSA) is 67.2 Å². The second kappa shape index (κ2) is 6.36. The second-order valence-corrected chi connectivity index (χ2v) is 5.98. The van der Waals surface area contributed by atoms with Crippen molar-refractivity contribution in [1.82, 2.24) is 24.6 Å². The van der Waals surface area contributed by atoms with Crippen molar-refractivity contribution in [2.45, 2.75) is 26.7 Å². The predicted molar refractivity (Wildman–Crippen MR) is 87.7 cm³/mol. The molecule has 3 rings (SSSR count). The Labute approximate surface area is 135 Å². The average molecular weight is 314 g/mol. The molecule has 0 radical (unpaired) electrons. The van der Waals surface area contributed by atoms with Crippen LogP contribution in [0.25, 0.3) is 5.82 Å². The molecule has 1 saturated heterocycles. The molecule has 1 amide bonds. The van der Waals surface area contributed by atoms with Gasteiger partial charge in [-0.15, -0.1) is 0 Å². The summed E-state index contributed by atoms with van der Waals surface area (Å²) in [5, 5.41) is 4.44. The quantitative estimate of drug-likeness (QED) is 0.833. The van der Waals surface area contributed by atoms with Gasteiger partial charge in [0.25, 0.3) is 0 Å². The number of amides is 1. The SMILES string of the molecule is Cc1cc(C)n(-c2cncc(N(C)CCN3CCCC3=O)n2)n1. The molecular weight excluding hydrogens is 292 g/mol. The molecule has 7 nitrogen and oxygen atoms in total. The van der Waals surface area contributed by atoms with Crippen LogP contribution in [0.5, 0.6) is 0 Å². The predicted octanol–water partition coefficient (Wildman–Crippen LogP) is 1.34. The number of likely N-dealkylation sites (tertiary alicyclic amines) is 1. The fourth-order valence-corrected chi connectivity index (χ4v) is 2.82. The summed E-state index contributed by atoms with van der Waals surface area (Å²) in [6.45, 7) is 6.28. The third-order valence-electron chi connectivity index (χ3n) is 4.10. The zero-order chi connectivity index (χ0) is 16.4. The molecule has 0 spiro atoms. The van der Waals surface area contributed by atoms with Gasteiger partial charge in [-0.1, -0.05) is 0 Å². The van der Waals surface area contributed by atoms with Gasteiger partial charge in [0, 0.05) is 38.8 Å². The van der Waals surface area contributed by atoms with Gasteiger partial charge in [-0.2, -0.15) is 5.10 Å². The zero-order valence-corrected chi connectivity index (χ0v) is 13.9. The Balaban J connectivity index is 1.71. The van der Waals surface area contributed by atoms with E-state index in [2.05, 4.69) is 15.1 Å². The zero-order valence-electron chi connectivity index (χ0n) is 13.9. The number of likely N-dealkylation sites (N-methyl/N-ethyl adjacent to an activating group) is 1. The lowest BCUT2D eigenvalue weighted by atomic mass is 10.4. The van der Waals surface area contributed by atoms with Gasteiger partial charge < -0.3 is 9.80 Å². The molecule has 23 heavy (non-hydrogen) atoms. The Bertz CT molecular complexity index is 710. The summed E-state index contributed by atoms with van der Waals surface area (Å²) in [7, 11) is 1.97. The molecule has 2 aromatic heterocycles. The minimum atomic E-state index is 0.251. The summed E-state index contributed by atoms with van der Waals surface area (Å²) >= 11 is 0. The van der Waals surface area contributed by atoms with E-state index >= 15 is 0 Å². The number of carbonyl (C=O) groups excluding carboxylic acids is 1. The molecule has 1 aliphatic heterocycles. The van der Waals surface area contributed by atoms with Gasteiger partial charge in [0.05, 0.1) is 18.1 Å². The fourth-order valence-electron chi connectivity index (χ4n) is 2.82. The molecule has 1 fully saturated rings. The third kappa shape index (κ3) is 3.33. The van der Waals surface area contributed by atoms with E-state index in [4.69, 9.17) is 0 Å². The van der Waals surface area contributed by atoms with E-state index in [9.17, 15) is 4.79 Å². The van der Waals surface area contributed by atoms with Gasteiger partial charge in [0.15, 0.2) is 5.82 Å². The first-order valence-electron chi connectivity index (χ1n) is 7.89. The summed E-state index contributed by atoms with van der Waals surface area (Å²) in [5.74, 6) is 1.74. The lowest BCUT2D eigenvalue weighted by Crippen LogP contribution is -2.34. The van der Waals surface area contributed by atoms with Gasteiger partial charge in [0.2, 0.25) is 5.91 Å². The number of anilines is 1. The summed E-state index contributed by atoms with van der Waals surface area (Å²) in [4.78, 5) is 24.5. The van der Waals surface area contributed by atoms with Gasteiger partial charge in [-0.3, -0.25) is 9.78 Å². The number of carbonyl (C=O) groups is 1. The van der Waals surface area contributed by atoms with Crippen LogP contribution in [0.1, 0.15) is 24.2 Å². The van der Waals surface area contributed by atoms with Crippen LogP contribution in [0, 0.1) is 13.8 Å². The number of aryl methyl sites for hydroxylation is 2. The molecule has 0 N–H and O–H groups in total. The molecule has 122 valence electrons. The Morgan fingerprint density at radius 3 is 2.78 bits per heavy atom. The maximum Gasteiger partial charge on any atom is 0.222 e. The van der Waals surface area contributed by atoms with E-state index in [1.165, 1.54) is 0 Å². The molecule has 0 aromatic carbocycles. The number of hydrogen-bond donors (Lipinski definition) is 0. The highest BCUT2D eigenvalue weighted by Gasteiger charge is 2.20. The van der Waals surface area contributed by atoms with Crippen LogP contribution in [0.2, 0.25) is 0 Å². The Morgan fingerprint density at radius 1 is 1.30 bits per heavy atom. The van der Waals surface area contributed by atoms with Crippen molar-refractivity contribution in [3.63, 3.8) is 0 Å². The number of aromatic nitrogens is 4. The fraction of sp³-hybridized carbons (Fsp3) is 0.500. The van der Waals surface area contributed by atoms with Crippen molar-refractivity contribution >= 4 is 11.7 Å². The molecule has 1 aliphatic rings. The van der Waals surface area contributed by atoms with Crippen LogP contribution in [-0.2, 0) is 4.79 Å². The molecule has 0 unspecified atom stereocenters. The second-order valence-electron chi connectivity index (χ2n) is 5.98. The average Bonchev–Trinajstić information content (AvgIpc) is 3.10. The van der Waals surface area contributed by atoms with Crippen LogP contribution in [0.4, 0.5) is 5.82 Å². The van der Waals surface area contributed by atoms with Crippen molar-refractivity contribution in [2.75, 3.05) is 31.6 Å². The Kier molecular flexibility index (Phi) is 4.27. The lowest BCUT2D eigenvalue weighted by molar-refractivity contribution is -0.127. The smallest absolute Gasteiger partial charge is 0.222 e.